The van der Waals surface area contributed by atoms with Crippen LogP contribution in [0.4, 0.5) is 0 Å². The molecule has 0 heterocycles. The van der Waals surface area contributed by atoms with Crippen LogP contribution in [0.25, 0.3) is 0 Å². The van der Waals surface area contributed by atoms with Crippen molar-refractivity contribution in [1.82, 2.24) is 0 Å². The van der Waals surface area contributed by atoms with Crippen LogP contribution in [0.2, 0.25) is 23.7 Å². The van der Waals surface area contributed by atoms with Gasteiger partial charge >= 0.3 is 0 Å². The molecule has 0 aromatic rings. The molecule has 0 radical (unpaired) electrons. The Bertz CT molecular complexity index is 525. The van der Waals surface area contributed by atoms with Crippen LogP contribution in [0.1, 0.15) is 124 Å². The second-order valence-electron chi connectivity index (χ2n) is 13.4. The minimum atomic E-state index is -1.23. The molecule has 0 spiro atoms. The van der Waals surface area contributed by atoms with E-state index in [0.29, 0.717) is 0 Å². The average Bonchev–Trinajstić information content (AvgIpc) is 3.39. The van der Waals surface area contributed by atoms with Gasteiger partial charge in [-0.2, -0.15) is 0 Å². The van der Waals surface area contributed by atoms with E-state index in [-0.39, 0.29) is 5.60 Å². The van der Waals surface area contributed by atoms with E-state index in [0.717, 1.165) is 30.3 Å². The zero-order chi connectivity index (χ0) is 21.9. The lowest BCUT2D eigenvalue weighted by atomic mass is 9.73. The molecule has 0 aliphatic heterocycles. The van der Waals surface area contributed by atoms with Crippen LogP contribution in [0.15, 0.2) is 0 Å². The molecule has 0 aromatic heterocycles. The summed E-state index contributed by atoms with van der Waals surface area (Å²) in [5, 5.41) is 0. The summed E-state index contributed by atoms with van der Waals surface area (Å²) in [6.07, 6.45) is 24.6. The molecule has 5 unspecified atom stereocenters. The number of hydrogen-bond acceptors (Lipinski definition) is 1. The van der Waals surface area contributed by atoms with E-state index < -0.39 is 8.07 Å². The second-order valence-corrected chi connectivity index (χ2v) is 18.4. The Morgan fingerprint density at radius 3 is 1.68 bits per heavy atom. The van der Waals surface area contributed by atoms with Gasteiger partial charge in [0.15, 0.2) is 0 Å². The zero-order valence-electron chi connectivity index (χ0n) is 21.6. The predicted molar refractivity (Wildman–Crippen MR) is 137 cm³/mol. The highest BCUT2D eigenvalue weighted by Crippen LogP contribution is 2.66. The third-order valence-electron chi connectivity index (χ3n) is 10.4. The van der Waals surface area contributed by atoms with Gasteiger partial charge in [-0.25, -0.2) is 0 Å². The van der Waals surface area contributed by atoms with Crippen molar-refractivity contribution >= 4 is 8.07 Å². The average molecular weight is 447 g/mol. The molecule has 0 N–H and O–H groups in total. The summed E-state index contributed by atoms with van der Waals surface area (Å²) in [7, 11) is -1.23. The van der Waals surface area contributed by atoms with Gasteiger partial charge in [0.2, 0.25) is 0 Å². The monoisotopic (exact) mass is 446 g/mol. The molecule has 5 atom stereocenters. The molecule has 4 aliphatic rings. The first-order valence-electron chi connectivity index (χ1n) is 14.5. The Balaban J connectivity index is 1.40. The van der Waals surface area contributed by atoms with Gasteiger partial charge in [-0.3, -0.25) is 0 Å². The first-order chi connectivity index (χ1) is 14.9. The van der Waals surface area contributed by atoms with Gasteiger partial charge in [-0.1, -0.05) is 96.1 Å². The van der Waals surface area contributed by atoms with Crippen molar-refractivity contribution in [2.24, 2.45) is 23.7 Å². The highest BCUT2D eigenvalue weighted by Gasteiger charge is 2.58. The first kappa shape index (κ1) is 24.3. The molecule has 0 saturated heterocycles. The lowest BCUT2D eigenvalue weighted by molar-refractivity contribution is -0.00471. The van der Waals surface area contributed by atoms with E-state index in [9.17, 15) is 0 Å². The molecule has 2 heteroatoms. The van der Waals surface area contributed by atoms with Crippen molar-refractivity contribution < 1.29 is 4.74 Å². The van der Waals surface area contributed by atoms with E-state index in [1.807, 2.05) is 0 Å². The lowest BCUT2D eigenvalue weighted by Gasteiger charge is -2.47. The van der Waals surface area contributed by atoms with Gasteiger partial charge in [0.05, 0.1) is 13.7 Å². The van der Waals surface area contributed by atoms with Crippen molar-refractivity contribution in [1.29, 1.82) is 0 Å². The normalized spacial score (nSPS) is 36.2. The zero-order valence-corrected chi connectivity index (χ0v) is 22.6. The molecule has 0 aromatic carbocycles. The summed E-state index contributed by atoms with van der Waals surface area (Å²) in [6.45, 7) is 10.5. The number of unbranched alkanes of at least 4 members (excludes halogenated alkanes) is 3. The van der Waals surface area contributed by atoms with Crippen LogP contribution < -0.4 is 0 Å². The highest BCUT2D eigenvalue weighted by atomic mass is 28.3. The van der Waals surface area contributed by atoms with E-state index >= 15 is 0 Å². The Morgan fingerprint density at radius 2 is 1.13 bits per heavy atom. The molecular weight excluding hydrogens is 392 g/mol. The van der Waals surface area contributed by atoms with Gasteiger partial charge in [0.1, 0.15) is 0 Å². The number of hydrogen-bond donors (Lipinski definition) is 0. The minimum absolute atomic E-state index is 0.0313. The van der Waals surface area contributed by atoms with Gasteiger partial charge in [-0.05, 0) is 74.8 Å². The topological polar surface area (TPSA) is 9.23 Å². The van der Waals surface area contributed by atoms with Crippen LogP contribution in [0.3, 0.4) is 0 Å². The summed E-state index contributed by atoms with van der Waals surface area (Å²) < 4.78 is 5.97. The quantitative estimate of drug-likeness (QED) is 0.253. The molecular formula is C29H54OSi. The maximum absolute atomic E-state index is 5.97. The van der Waals surface area contributed by atoms with Crippen LogP contribution in [0, 0.1) is 23.7 Å². The SMILES string of the molecule is CC(C)(C)OCCCCCC[Si](C)(C1CCCC1)C1C2CCCCC2C2CCCCC21. The van der Waals surface area contributed by atoms with E-state index in [1.165, 1.54) is 36.8 Å². The third kappa shape index (κ3) is 5.64. The van der Waals surface area contributed by atoms with Crippen molar-refractivity contribution in [2.75, 3.05) is 6.61 Å². The Kier molecular flexibility index (Phi) is 8.33. The highest BCUT2D eigenvalue weighted by molar-refractivity contribution is 6.81. The summed E-state index contributed by atoms with van der Waals surface area (Å²) in [4.78, 5) is 0. The van der Waals surface area contributed by atoms with E-state index in [2.05, 4.69) is 27.3 Å². The van der Waals surface area contributed by atoms with Gasteiger partial charge in [0, 0.05) is 6.61 Å². The molecule has 31 heavy (non-hydrogen) atoms. The van der Waals surface area contributed by atoms with Crippen molar-refractivity contribution in [3.05, 3.63) is 0 Å². The molecule has 4 rings (SSSR count). The summed E-state index contributed by atoms with van der Waals surface area (Å²) in [5.74, 6) is 4.59. The van der Waals surface area contributed by atoms with E-state index in [4.69, 9.17) is 4.74 Å². The van der Waals surface area contributed by atoms with Crippen molar-refractivity contribution in [3.63, 3.8) is 0 Å². The second kappa shape index (κ2) is 10.6. The fraction of sp³-hybridized carbons (Fsp3) is 1.00. The summed E-state index contributed by atoms with van der Waals surface area (Å²) in [5.41, 5.74) is 2.41. The largest absolute Gasteiger partial charge is 0.376 e. The number of fused-ring (bicyclic) bond motifs is 3. The molecule has 0 bridgehead atoms. The van der Waals surface area contributed by atoms with Crippen molar-refractivity contribution in [3.8, 4) is 0 Å². The fourth-order valence-electron chi connectivity index (χ4n) is 9.20. The smallest absolute Gasteiger partial charge is 0.0598 e. The molecule has 4 fully saturated rings. The van der Waals surface area contributed by atoms with Gasteiger partial charge in [-0.15, -0.1) is 0 Å². The van der Waals surface area contributed by atoms with Crippen LogP contribution in [-0.4, -0.2) is 20.3 Å². The van der Waals surface area contributed by atoms with Crippen LogP contribution in [-0.2, 0) is 4.74 Å². The van der Waals surface area contributed by atoms with Gasteiger partial charge in [0.25, 0.3) is 0 Å². The lowest BCUT2D eigenvalue weighted by Crippen LogP contribution is -2.45. The maximum atomic E-state index is 5.97. The third-order valence-corrected chi connectivity index (χ3v) is 16.7. The Labute approximate surface area is 195 Å². The van der Waals surface area contributed by atoms with Crippen molar-refractivity contribution in [2.45, 2.75) is 153 Å². The molecule has 4 aliphatic carbocycles. The first-order valence-corrected chi connectivity index (χ1v) is 17.4. The fourth-order valence-corrected chi connectivity index (χ4v) is 16.0. The number of rotatable bonds is 9. The molecule has 4 saturated carbocycles. The van der Waals surface area contributed by atoms with Crippen LogP contribution in [0.5, 0.6) is 0 Å². The van der Waals surface area contributed by atoms with Crippen LogP contribution >= 0.6 is 0 Å². The van der Waals surface area contributed by atoms with Gasteiger partial charge < -0.3 is 4.74 Å². The summed E-state index contributed by atoms with van der Waals surface area (Å²) >= 11 is 0. The Hall–Kier alpha value is 0.177. The molecule has 180 valence electrons. The maximum Gasteiger partial charge on any atom is 0.0598 e. The minimum Gasteiger partial charge on any atom is -0.376 e. The standard InChI is InChI=1S/C29H54OSi/c1-29(2,3)30-21-13-5-6-14-22-31(4,23-15-7-8-16-23)28-26-19-11-9-17-24(26)25-18-10-12-20-27(25)28/h23-28H,5-22H2,1-4H3. The Morgan fingerprint density at radius 1 is 0.645 bits per heavy atom. The molecule has 0 amide bonds. The molecule has 1 nitrogen and oxygen atoms in total. The number of ether oxygens (including phenoxy) is 1. The summed E-state index contributed by atoms with van der Waals surface area (Å²) in [6, 6.07) is 1.66. The predicted octanol–water partition coefficient (Wildman–Crippen LogP) is 9.38. The van der Waals surface area contributed by atoms with E-state index in [1.54, 1.807) is 83.1 Å².